The van der Waals surface area contributed by atoms with Gasteiger partial charge in [0.2, 0.25) is 0 Å². The first-order valence-corrected chi connectivity index (χ1v) is 5.85. The van der Waals surface area contributed by atoms with Crippen LogP contribution < -0.4 is 0 Å². The van der Waals surface area contributed by atoms with Gasteiger partial charge in [-0.1, -0.05) is 0 Å². The van der Waals surface area contributed by atoms with Crippen LogP contribution in [0.4, 0.5) is 0 Å². The molecule has 1 aliphatic rings. The smallest absolute Gasteiger partial charge is 0.0753 e. The third-order valence-corrected chi connectivity index (χ3v) is 3.04. The molecule has 0 aromatic carbocycles. The second-order valence-electron chi connectivity index (χ2n) is 3.52. The van der Waals surface area contributed by atoms with E-state index in [4.69, 9.17) is 4.74 Å². The van der Waals surface area contributed by atoms with E-state index in [1.807, 2.05) is 0 Å². The quantitative estimate of drug-likeness (QED) is 0.764. The van der Waals surface area contributed by atoms with E-state index < -0.39 is 0 Å². The van der Waals surface area contributed by atoms with Crippen molar-refractivity contribution < 1.29 is 4.74 Å². The predicted molar refractivity (Wildman–Crippen MR) is 60.7 cm³/mol. The first kappa shape index (κ1) is 9.52. The Morgan fingerprint density at radius 3 is 3.08 bits per heavy atom. The molecule has 2 heterocycles. The summed E-state index contributed by atoms with van der Waals surface area (Å²) in [7, 11) is 0. The van der Waals surface area contributed by atoms with Crippen LogP contribution in [0.2, 0.25) is 0 Å². The standard InChI is InChI=1S/C10H14INO/c11-9-4-5-12(7-9)8-10-3-1-2-6-13-10/h4-5,7,10H,1-3,6,8H2/t10-/m1/s1. The van der Waals surface area contributed by atoms with Crippen molar-refractivity contribution in [1.29, 1.82) is 0 Å². The third-order valence-electron chi connectivity index (χ3n) is 2.40. The second kappa shape index (κ2) is 4.46. The Labute approximate surface area is 92.4 Å². The van der Waals surface area contributed by atoms with E-state index in [1.54, 1.807) is 0 Å². The maximum Gasteiger partial charge on any atom is 0.0753 e. The fourth-order valence-corrected chi connectivity index (χ4v) is 2.23. The van der Waals surface area contributed by atoms with Crippen molar-refractivity contribution in [3.63, 3.8) is 0 Å². The molecule has 2 rings (SSSR count). The molecule has 2 nitrogen and oxygen atoms in total. The largest absolute Gasteiger partial charge is 0.376 e. The molecule has 0 spiro atoms. The van der Waals surface area contributed by atoms with Crippen molar-refractivity contribution >= 4 is 22.6 Å². The summed E-state index contributed by atoms with van der Waals surface area (Å²) < 4.78 is 9.19. The summed E-state index contributed by atoms with van der Waals surface area (Å²) in [6.07, 6.45) is 8.51. The minimum Gasteiger partial charge on any atom is -0.376 e. The molecule has 1 aromatic rings. The summed E-state index contributed by atoms with van der Waals surface area (Å²) in [6, 6.07) is 2.13. The molecule has 72 valence electrons. The number of hydrogen-bond acceptors (Lipinski definition) is 1. The Morgan fingerprint density at radius 2 is 2.46 bits per heavy atom. The van der Waals surface area contributed by atoms with Crippen molar-refractivity contribution in [2.24, 2.45) is 0 Å². The molecule has 0 N–H and O–H groups in total. The lowest BCUT2D eigenvalue weighted by Gasteiger charge is -2.22. The van der Waals surface area contributed by atoms with Gasteiger partial charge in [-0.2, -0.15) is 0 Å². The van der Waals surface area contributed by atoms with Gasteiger partial charge in [-0.25, -0.2) is 0 Å². The van der Waals surface area contributed by atoms with Crippen LogP contribution in [0.5, 0.6) is 0 Å². The molecule has 0 unspecified atom stereocenters. The average molecular weight is 291 g/mol. The van der Waals surface area contributed by atoms with Crippen molar-refractivity contribution in [3.05, 3.63) is 22.0 Å². The number of ether oxygens (including phenoxy) is 1. The number of aromatic nitrogens is 1. The Morgan fingerprint density at radius 1 is 1.54 bits per heavy atom. The van der Waals surface area contributed by atoms with Crippen LogP contribution in [0.25, 0.3) is 0 Å². The molecule has 0 aliphatic carbocycles. The van der Waals surface area contributed by atoms with E-state index in [9.17, 15) is 0 Å². The van der Waals surface area contributed by atoms with E-state index in [1.165, 1.54) is 22.8 Å². The highest BCUT2D eigenvalue weighted by molar-refractivity contribution is 14.1. The first-order valence-electron chi connectivity index (χ1n) is 4.77. The maximum absolute atomic E-state index is 5.67. The van der Waals surface area contributed by atoms with E-state index in [2.05, 4.69) is 45.6 Å². The van der Waals surface area contributed by atoms with E-state index in [0.29, 0.717) is 6.10 Å². The summed E-state index contributed by atoms with van der Waals surface area (Å²) in [6.45, 7) is 1.96. The molecule has 1 saturated heterocycles. The van der Waals surface area contributed by atoms with Crippen LogP contribution in [0.1, 0.15) is 19.3 Å². The summed E-state index contributed by atoms with van der Waals surface area (Å²) >= 11 is 2.33. The highest BCUT2D eigenvalue weighted by atomic mass is 127. The second-order valence-corrected chi connectivity index (χ2v) is 4.76. The molecule has 0 amide bonds. The zero-order valence-corrected chi connectivity index (χ0v) is 9.74. The SMILES string of the molecule is Ic1ccn(C[C@H]2CCCCO2)c1. The Balaban J connectivity index is 1.89. The first-order chi connectivity index (χ1) is 6.34. The molecule has 0 saturated carbocycles. The van der Waals surface area contributed by atoms with Gasteiger partial charge in [-0.05, 0) is 47.9 Å². The van der Waals surface area contributed by atoms with Crippen LogP contribution in [-0.4, -0.2) is 17.3 Å². The summed E-state index contributed by atoms with van der Waals surface area (Å²) in [5, 5.41) is 0. The van der Waals surface area contributed by atoms with Crippen molar-refractivity contribution in [2.75, 3.05) is 6.61 Å². The average Bonchev–Trinajstić information content (AvgIpc) is 2.53. The molecule has 1 aromatic heterocycles. The van der Waals surface area contributed by atoms with Crippen LogP contribution in [-0.2, 0) is 11.3 Å². The predicted octanol–water partition coefficient (Wildman–Crippen LogP) is 2.66. The summed E-state index contributed by atoms with van der Waals surface area (Å²) in [5.41, 5.74) is 0. The lowest BCUT2D eigenvalue weighted by molar-refractivity contribution is 0.00604. The number of nitrogens with zero attached hydrogens (tertiary/aromatic N) is 1. The Bertz CT molecular complexity index is 266. The van der Waals surface area contributed by atoms with Gasteiger partial charge < -0.3 is 9.30 Å². The van der Waals surface area contributed by atoms with Gasteiger partial charge in [0.15, 0.2) is 0 Å². The Kier molecular flexibility index (Phi) is 3.27. The number of rotatable bonds is 2. The third kappa shape index (κ3) is 2.71. The monoisotopic (exact) mass is 291 g/mol. The molecular weight excluding hydrogens is 277 g/mol. The van der Waals surface area contributed by atoms with E-state index >= 15 is 0 Å². The number of hydrogen-bond donors (Lipinski definition) is 0. The fourth-order valence-electron chi connectivity index (χ4n) is 1.71. The fraction of sp³-hybridized carbons (Fsp3) is 0.600. The minimum atomic E-state index is 0.442. The Hall–Kier alpha value is -0.0300. The molecule has 13 heavy (non-hydrogen) atoms. The molecule has 3 heteroatoms. The normalized spacial score (nSPS) is 23.3. The van der Waals surface area contributed by atoms with E-state index in [-0.39, 0.29) is 0 Å². The zero-order valence-electron chi connectivity index (χ0n) is 7.58. The van der Waals surface area contributed by atoms with Crippen LogP contribution >= 0.6 is 22.6 Å². The van der Waals surface area contributed by atoms with Crippen LogP contribution in [0.15, 0.2) is 18.5 Å². The molecular formula is C10H14INO. The van der Waals surface area contributed by atoms with Gasteiger partial charge in [-0.3, -0.25) is 0 Å². The van der Waals surface area contributed by atoms with Gasteiger partial charge >= 0.3 is 0 Å². The minimum absolute atomic E-state index is 0.442. The van der Waals surface area contributed by atoms with Gasteiger partial charge in [0.1, 0.15) is 0 Å². The van der Waals surface area contributed by atoms with Crippen molar-refractivity contribution in [1.82, 2.24) is 4.57 Å². The summed E-state index contributed by atoms with van der Waals surface area (Å²) in [4.78, 5) is 0. The number of halogens is 1. The zero-order chi connectivity index (χ0) is 9.10. The highest BCUT2D eigenvalue weighted by Gasteiger charge is 2.13. The highest BCUT2D eigenvalue weighted by Crippen LogP contribution is 2.15. The maximum atomic E-state index is 5.67. The van der Waals surface area contributed by atoms with Gasteiger partial charge in [0.05, 0.1) is 6.10 Å². The molecule has 0 bridgehead atoms. The lowest BCUT2D eigenvalue weighted by Crippen LogP contribution is -2.23. The van der Waals surface area contributed by atoms with Crippen LogP contribution in [0, 0.1) is 3.57 Å². The molecule has 0 radical (unpaired) electrons. The van der Waals surface area contributed by atoms with Gasteiger partial charge in [-0.15, -0.1) is 0 Å². The molecule has 1 fully saturated rings. The molecule has 1 atom stereocenters. The van der Waals surface area contributed by atoms with Gasteiger partial charge in [0, 0.05) is 29.1 Å². The molecule has 1 aliphatic heterocycles. The van der Waals surface area contributed by atoms with Crippen LogP contribution in [0.3, 0.4) is 0 Å². The summed E-state index contributed by atoms with van der Waals surface area (Å²) in [5.74, 6) is 0. The van der Waals surface area contributed by atoms with E-state index in [0.717, 1.165) is 13.2 Å². The van der Waals surface area contributed by atoms with Gasteiger partial charge in [0.25, 0.3) is 0 Å². The van der Waals surface area contributed by atoms with Crippen molar-refractivity contribution in [2.45, 2.75) is 31.9 Å². The van der Waals surface area contributed by atoms with Crippen molar-refractivity contribution in [3.8, 4) is 0 Å². The topological polar surface area (TPSA) is 14.2 Å². The lowest BCUT2D eigenvalue weighted by atomic mass is 10.1.